The first-order valence-electron chi connectivity index (χ1n) is 11.8. The summed E-state index contributed by atoms with van der Waals surface area (Å²) in [7, 11) is 0. The van der Waals surface area contributed by atoms with E-state index in [0.29, 0.717) is 25.5 Å². The first kappa shape index (κ1) is 19.6. The van der Waals surface area contributed by atoms with E-state index in [1.54, 1.807) is 0 Å². The Morgan fingerprint density at radius 3 is 2.35 bits per heavy atom. The molecule has 4 bridgehead atoms. The number of imidazole rings is 1. The molecule has 31 heavy (non-hydrogen) atoms. The Balaban J connectivity index is 1.25. The van der Waals surface area contributed by atoms with Crippen molar-refractivity contribution < 1.29 is 13.6 Å². The van der Waals surface area contributed by atoms with E-state index in [1.807, 2.05) is 33.7 Å². The minimum absolute atomic E-state index is 0.0644. The van der Waals surface area contributed by atoms with Crippen molar-refractivity contribution in [3.63, 3.8) is 0 Å². The van der Waals surface area contributed by atoms with Crippen molar-refractivity contribution in [1.29, 1.82) is 0 Å². The number of hydrogen-bond acceptors (Lipinski definition) is 3. The fourth-order valence-corrected chi connectivity index (χ4v) is 7.19. The molecule has 5 fully saturated rings. The highest BCUT2D eigenvalue weighted by molar-refractivity contribution is 5.92. The van der Waals surface area contributed by atoms with Crippen LogP contribution in [0.4, 0.5) is 8.78 Å². The summed E-state index contributed by atoms with van der Waals surface area (Å²) >= 11 is 0. The number of carbonyl (C=O) groups excluding carboxylic acids is 1. The fraction of sp³-hybridized carbons (Fsp3) is 0.667. The molecule has 4 aliphatic carbocycles. The maximum absolute atomic E-state index is 13.5. The largest absolute Gasteiger partial charge is 0.344 e. The molecule has 0 atom stereocenters. The van der Waals surface area contributed by atoms with E-state index in [9.17, 15) is 13.6 Å². The normalized spacial score (nSPS) is 34.3. The number of nitrogens with zero attached hydrogens (tertiary/aromatic N) is 3. The number of nitrogens with one attached hydrogen (secondary N) is 1. The number of alkyl halides is 2. The van der Waals surface area contributed by atoms with Gasteiger partial charge in [-0.1, -0.05) is 6.07 Å². The molecule has 1 amide bonds. The number of hydrogen-bond donors (Lipinski definition) is 1. The third-order valence-electron chi connectivity index (χ3n) is 8.21. The molecule has 0 unspecified atom stereocenters. The van der Waals surface area contributed by atoms with Gasteiger partial charge in [-0.3, -0.25) is 14.1 Å². The molecule has 166 valence electrons. The van der Waals surface area contributed by atoms with Crippen molar-refractivity contribution in [3.05, 3.63) is 35.9 Å². The van der Waals surface area contributed by atoms with Crippen LogP contribution < -0.4 is 5.32 Å². The van der Waals surface area contributed by atoms with Crippen molar-refractivity contribution in [3.8, 4) is 0 Å². The number of rotatable bonds is 4. The van der Waals surface area contributed by atoms with Crippen molar-refractivity contribution in [2.75, 3.05) is 13.1 Å². The van der Waals surface area contributed by atoms with Crippen LogP contribution >= 0.6 is 0 Å². The molecular weight excluding hydrogens is 398 g/mol. The second-order valence-electron chi connectivity index (χ2n) is 10.6. The summed E-state index contributed by atoms with van der Waals surface area (Å²) in [5.74, 6) is 0.0442. The van der Waals surface area contributed by atoms with E-state index in [1.165, 1.54) is 19.3 Å². The number of halogens is 2. The highest BCUT2D eigenvalue weighted by Gasteiger charge is 2.51. The lowest BCUT2D eigenvalue weighted by molar-refractivity contribution is -0.0567. The molecule has 2 aromatic rings. The Hall–Kier alpha value is -2.02. The van der Waals surface area contributed by atoms with Gasteiger partial charge in [0.2, 0.25) is 5.82 Å². The van der Waals surface area contributed by atoms with Gasteiger partial charge in [-0.25, -0.2) is 13.8 Å². The van der Waals surface area contributed by atoms with E-state index >= 15 is 0 Å². The predicted molar refractivity (Wildman–Crippen MR) is 113 cm³/mol. The molecule has 1 N–H and O–H groups in total. The number of likely N-dealkylation sites (tertiary alicyclic amines) is 1. The number of carbonyl (C=O) groups is 1. The van der Waals surface area contributed by atoms with Crippen LogP contribution in [0.3, 0.4) is 0 Å². The van der Waals surface area contributed by atoms with E-state index in [-0.39, 0.29) is 24.3 Å². The number of aromatic nitrogens is 2. The van der Waals surface area contributed by atoms with Crippen LogP contribution in [0, 0.1) is 17.8 Å². The van der Waals surface area contributed by atoms with Gasteiger partial charge in [0.05, 0.1) is 11.2 Å². The zero-order valence-corrected chi connectivity index (χ0v) is 17.8. The minimum Gasteiger partial charge on any atom is -0.344 e. The van der Waals surface area contributed by atoms with Crippen LogP contribution in [0.2, 0.25) is 0 Å². The first-order valence-corrected chi connectivity index (χ1v) is 11.8. The van der Waals surface area contributed by atoms with E-state index in [4.69, 9.17) is 4.98 Å². The Labute approximate surface area is 181 Å². The van der Waals surface area contributed by atoms with Crippen LogP contribution in [0.5, 0.6) is 0 Å². The van der Waals surface area contributed by atoms with Gasteiger partial charge in [-0.15, -0.1) is 0 Å². The Kier molecular flexibility index (Phi) is 4.43. The summed E-state index contributed by atoms with van der Waals surface area (Å²) in [5.41, 5.74) is 1.61. The molecule has 0 radical (unpaired) electrons. The second kappa shape index (κ2) is 6.99. The maximum Gasteiger partial charge on any atom is 0.288 e. The van der Waals surface area contributed by atoms with Crippen LogP contribution in [0.15, 0.2) is 24.4 Å². The number of pyridine rings is 1. The van der Waals surface area contributed by atoms with Gasteiger partial charge >= 0.3 is 0 Å². The monoisotopic (exact) mass is 428 g/mol. The molecule has 0 spiro atoms. The standard InChI is InChI=1S/C24H30F2N4O/c25-24(26)4-7-29(8-5-24)15-19-20-3-1-2-6-30(20)21(27-19)22(31)28-23-12-16-9-17(13-23)11-18(10-16)14-23/h1-3,6,16-18H,4-5,7-15H2,(H,28,31). The van der Waals surface area contributed by atoms with Crippen LogP contribution in [-0.2, 0) is 6.54 Å². The van der Waals surface area contributed by atoms with Crippen LogP contribution in [0.25, 0.3) is 5.52 Å². The molecule has 0 aromatic carbocycles. The smallest absolute Gasteiger partial charge is 0.288 e. The lowest BCUT2D eigenvalue weighted by Crippen LogP contribution is -2.60. The summed E-state index contributed by atoms with van der Waals surface area (Å²) < 4.78 is 28.9. The van der Waals surface area contributed by atoms with Crippen molar-refractivity contribution in [1.82, 2.24) is 19.6 Å². The molecule has 3 heterocycles. The van der Waals surface area contributed by atoms with Gasteiger partial charge in [-0.05, 0) is 68.4 Å². The average molecular weight is 429 g/mol. The minimum atomic E-state index is -2.56. The van der Waals surface area contributed by atoms with Crippen molar-refractivity contribution >= 4 is 11.4 Å². The van der Waals surface area contributed by atoms with E-state index in [0.717, 1.165) is 48.2 Å². The summed E-state index contributed by atoms with van der Waals surface area (Å²) in [5, 5.41) is 3.43. The molecule has 1 saturated heterocycles. The summed E-state index contributed by atoms with van der Waals surface area (Å²) in [6, 6.07) is 5.80. The van der Waals surface area contributed by atoms with Crippen LogP contribution in [-0.4, -0.2) is 44.7 Å². The predicted octanol–water partition coefficient (Wildman–Crippen LogP) is 4.26. The Morgan fingerprint density at radius 2 is 1.71 bits per heavy atom. The molecule has 5 nitrogen and oxygen atoms in total. The topological polar surface area (TPSA) is 49.6 Å². The second-order valence-corrected chi connectivity index (χ2v) is 10.6. The molecule has 2 aromatic heterocycles. The van der Waals surface area contributed by atoms with Crippen molar-refractivity contribution in [2.45, 2.75) is 69.4 Å². The lowest BCUT2D eigenvalue weighted by atomic mass is 9.53. The highest BCUT2D eigenvalue weighted by atomic mass is 19.3. The molecule has 7 heteroatoms. The average Bonchev–Trinajstić information content (AvgIpc) is 3.07. The summed E-state index contributed by atoms with van der Waals surface area (Å²) in [6.45, 7) is 1.20. The Morgan fingerprint density at radius 1 is 1.06 bits per heavy atom. The fourth-order valence-electron chi connectivity index (χ4n) is 7.19. The summed E-state index contributed by atoms with van der Waals surface area (Å²) in [4.78, 5) is 20.2. The van der Waals surface area contributed by atoms with Gasteiger partial charge in [0, 0.05) is 44.2 Å². The highest BCUT2D eigenvalue weighted by Crippen LogP contribution is 2.55. The molecule has 7 rings (SSSR count). The zero-order chi connectivity index (χ0) is 21.2. The molecule has 4 saturated carbocycles. The summed E-state index contributed by atoms with van der Waals surface area (Å²) in [6.07, 6.45) is 8.96. The van der Waals surface area contributed by atoms with E-state index < -0.39 is 5.92 Å². The number of piperidine rings is 1. The maximum atomic E-state index is 13.5. The number of fused-ring (bicyclic) bond motifs is 1. The first-order chi connectivity index (χ1) is 14.9. The van der Waals surface area contributed by atoms with Gasteiger partial charge < -0.3 is 5.32 Å². The third-order valence-corrected chi connectivity index (χ3v) is 8.21. The van der Waals surface area contributed by atoms with Gasteiger partial charge in [0.15, 0.2) is 0 Å². The quantitative estimate of drug-likeness (QED) is 0.792. The zero-order valence-electron chi connectivity index (χ0n) is 17.8. The van der Waals surface area contributed by atoms with Crippen LogP contribution in [0.1, 0.15) is 67.7 Å². The SMILES string of the molecule is O=C(NC12CC3CC(CC(C3)C1)C2)c1nc(CN2CCC(F)(F)CC2)c2ccccn12. The van der Waals surface area contributed by atoms with Gasteiger partial charge in [0.25, 0.3) is 11.8 Å². The van der Waals surface area contributed by atoms with Gasteiger partial charge in [0.1, 0.15) is 0 Å². The molecule has 1 aliphatic heterocycles. The molecular formula is C24H30F2N4O. The Bertz CT molecular complexity index is 971. The third kappa shape index (κ3) is 3.55. The van der Waals surface area contributed by atoms with E-state index in [2.05, 4.69) is 5.32 Å². The molecule has 5 aliphatic rings. The lowest BCUT2D eigenvalue weighted by Gasteiger charge is -2.56. The number of amides is 1. The van der Waals surface area contributed by atoms with Gasteiger partial charge in [-0.2, -0.15) is 0 Å². The van der Waals surface area contributed by atoms with Crippen molar-refractivity contribution in [2.24, 2.45) is 17.8 Å².